The fourth-order valence-corrected chi connectivity index (χ4v) is 4.88. The Hall–Kier alpha value is -2.63. The predicted molar refractivity (Wildman–Crippen MR) is 127 cm³/mol. The Kier molecular flexibility index (Phi) is 5.43. The van der Waals surface area contributed by atoms with E-state index < -0.39 is 0 Å². The zero-order chi connectivity index (χ0) is 20.5. The van der Waals surface area contributed by atoms with Crippen LogP contribution in [0.2, 0.25) is 0 Å². The number of amides is 1. The van der Waals surface area contributed by atoms with Crippen LogP contribution in [-0.2, 0) is 17.9 Å². The molecule has 0 bridgehead atoms. The average Bonchev–Trinajstić information content (AvgIpc) is 3.13. The van der Waals surface area contributed by atoms with E-state index in [-0.39, 0.29) is 5.91 Å². The second-order valence-electron chi connectivity index (χ2n) is 7.17. The highest BCUT2D eigenvalue weighted by Gasteiger charge is 2.32. The molecule has 5 heteroatoms. The van der Waals surface area contributed by atoms with Crippen molar-refractivity contribution < 1.29 is 4.79 Å². The molecule has 0 radical (unpaired) electrons. The molecule has 1 aliphatic heterocycles. The number of hydrogen-bond acceptors (Lipinski definition) is 3. The quantitative estimate of drug-likeness (QED) is 0.295. The van der Waals surface area contributed by atoms with Crippen LogP contribution in [0, 0.1) is 13.8 Å². The van der Waals surface area contributed by atoms with Gasteiger partial charge in [-0.15, -0.1) is 6.58 Å². The summed E-state index contributed by atoms with van der Waals surface area (Å²) in [6.07, 6.45) is 3.88. The Morgan fingerprint density at radius 1 is 1.10 bits per heavy atom. The standard InChI is InChI=1S/C24H22N2OS2/c1-4-13-25-17(3)20(19-7-5-6-8-21(19)25)14-22-23(27)26(24(28)29-22)15-18-11-9-16(2)10-12-18/h4-12,14H,1,13,15H2,2-3H3/b22-14-. The molecule has 1 saturated heterocycles. The molecule has 1 aromatic heterocycles. The van der Waals surface area contributed by atoms with E-state index in [0.29, 0.717) is 15.8 Å². The van der Waals surface area contributed by atoms with Gasteiger partial charge < -0.3 is 4.57 Å². The number of fused-ring (bicyclic) bond motifs is 1. The molecular formula is C24H22N2OS2. The molecule has 2 heterocycles. The van der Waals surface area contributed by atoms with E-state index in [1.165, 1.54) is 17.3 Å². The van der Waals surface area contributed by atoms with Gasteiger partial charge >= 0.3 is 0 Å². The minimum absolute atomic E-state index is 0.0273. The third kappa shape index (κ3) is 3.68. The first kappa shape index (κ1) is 19.7. The van der Waals surface area contributed by atoms with Crippen molar-refractivity contribution in [2.45, 2.75) is 26.9 Å². The number of para-hydroxylation sites is 1. The number of thiocarbonyl (C=S) groups is 1. The summed E-state index contributed by atoms with van der Waals surface area (Å²) in [5.74, 6) is -0.0273. The molecule has 1 amide bonds. The van der Waals surface area contributed by atoms with Crippen LogP contribution < -0.4 is 0 Å². The summed E-state index contributed by atoms with van der Waals surface area (Å²) in [5.41, 5.74) is 5.61. The number of allylic oxidation sites excluding steroid dienone is 1. The lowest BCUT2D eigenvalue weighted by atomic mass is 10.1. The molecule has 146 valence electrons. The number of rotatable bonds is 5. The van der Waals surface area contributed by atoms with Crippen molar-refractivity contribution in [2.75, 3.05) is 0 Å². The largest absolute Gasteiger partial charge is 0.340 e. The van der Waals surface area contributed by atoms with Crippen molar-refractivity contribution in [1.29, 1.82) is 0 Å². The Labute approximate surface area is 180 Å². The van der Waals surface area contributed by atoms with Crippen LogP contribution in [0.5, 0.6) is 0 Å². The Balaban J connectivity index is 1.70. The number of benzene rings is 2. The Morgan fingerprint density at radius 2 is 1.83 bits per heavy atom. The van der Waals surface area contributed by atoms with Gasteiger partial charge in [-0.2, -0.15) is 0 Å². The number of carbonyl (C=O) groups excluding carboxylic acids is 1. The Bertz CT molecular complexity index is 1160. The highest BCUT2D eigenvalue weighted by atomic mass is 32.2. The van der Waals surface area contributed by atoms with Gasteiger partial charge in [-0.1, -0.05) is 78.1 Å². The molecule has 0 spiro atoms. The van der Waals surface area contributed by atoms with Crippen LogP contribution in [0.4, 0.5) is 0 Å². The lowest BCUT2D eigenvalue weighted by molar-refractivity contribution is -0.122. The molecule has 3 aromatic rings. The van der Waals surface area contributed by atoms with Crippen molar-refractivity contribution in [1.82, 2.24) is 9.47 Å². The maximum absolute atomic E-state index is 13.1. The molecule has 2 aromatic carbocycles. The van der Waals surface area contributed by atoms with Crippen molar-refractivity contribution in [3.63, 3.8) is 0 Å². The van der Waals surface area contributed by atoms with Gasteiger partial charge in [-0.05, 0) is 31.6 Å². The summed E-state index contributed by atoms with van der Waals surface area (Å²) in [7, 11) is 0. The van der Waals surface area contributed by atoms with E-state index in [4.69, 9.17) is 12.2 Å². The molecule has 3 nitrogen and oxygen atoms in total. The lowest BCUT2D eigenvalue weighted by Crippen LogP contribution is -2.27. The molecule has 4 rings (SSSR count). The van der Waals surface area contributed by atoms with Gasteiger partial charge in [-0.25, -0.2) is 0 Å². The van der Waals surface area contributed by atoms with Crippen molar-refractivity contribution >= 4 is 51.2 Å². The number of aromatic nitrogens is 1. The number of hydrogen-bond donors (Lipinski definition) is 0. The van der Waals surface area contributed by atoms with Crippen LogP contribution in [-0.4, -0.2) is 19.7 Å². The summed E-state index contributed by atoms with van der Waals surface area (Å²) < 4.78 is 2.83. The Morgan fingerprint density at radius 3 is 2.55 bits per heavy atom. The van der Waals surface area contributed by atoms with Gasteiger partial charge in [0.25, 0.3) is 5.91 Å². The van der Waals surface area contributed by atoms with E-state index in [9.17, 15) is 4.79 Å². The zero-order valence-corrected chi connectivity index (χ0v) is 18.1. The molecule has 0 atom stereocenters. The third-order valence-electron chi connectivity index (χ3n) is 5.20. The van der Waals surface area contributed by atoms with E-state index in [1.807, 2.05) is 36.4 Å². The molecular weight excluding hydrogens is 396 g/mol. The number of nitrogens with zero attached hydrogens (tertiary/aromatic N) is 2. The van der Waals surface area contributed by atoms with Crippen molar-refractivity contribution in [3.8, 4) is 0 Å². The van der Waals surface area contributed by atoms with Gasteiger partial charge in [0.15, 0.2) is 0 Å². The fraction of sp³-hybridized carbons (Fsp3) is 0.167. The molecule has 0 unspecified atom stereocenters. The van der Waals surface area contributed by atoms with Crippen LogP contribution in [0.3, 0.4) is 0 Å². The van der Waals surface area contributed by atoms with E-state index in [2.05, 4.69) is 49.3 Å². The number of aryl methyl sites for hydroxylation is 1. The first-order chi connectivity index (χ1) is 14.0. The van der Waals surface area contributed by atoms with E-state index in [0.717, 1.165) is 34.3 Å². The maximum Gasteiger partial charge on any atom is 0.266 e. The van der Waals surface area contributed by atoms with Gasteiger partial charge in [-0.3, -0.25) is 9.69 Å². The summed E-state index contributed by atoms with van der Waals surface area (Å²) in [5, 5.41) is 1.13. The highest BCUT2D eigenvalue weighted by Crippen LogP contribution is 2.36. The van der Waals surface area contributed by atoms with Gasteiger partial charge in [0.1, 0.15) is 4.32 Å². The monoisotopic (exact) mass is 418 g/mol. The number of thioether (sulfide) groups is 1. The van der Waals surface area contributed by atoms with Gasteiger partial charge in [0.05, 0.1) is 11.4 Å². The molecule has 1 fully saturated rings. The summed E-state index contributed by atoms with van der Waals surface area (Å²) in [6.45, 7) is 9.24. The van der Waals surface area contributed by atoms with E-state index in [1.54, 1.807) is 4.90 Å². The highest BCUT2D eigenvalue weighted by molar-refractivity contribution is 8.26. The molecule has 0 aliphatic carbocycles. The van der Waals surface area contributed by atoms with Crippen LogP contribution in [0.15, 0.2) is 66.1 Å². The maximum atomic E-state index is 13.1. The van der Waals surface area contributed by atoms with Gasteiger partial charge in [0, 0.05) is 28.7 Å². The molecule has 1 aliphatic rings. The second-order valence-corrected chi connectivity index (χ2v) is 8.84. The summed E-state index contributed by atoms with van der Waals surface area (Å²) in [4.78, 5) is 15.5. The van der Waals surface area contributed by atoms with E-state index >= 15 is 0 Å². The van der Waals surface area contributed by atoms with Crippen molar-refractivity contribution in [2.24, 2.45) is 0 Å². The van der Waals surface area contributed by atoms with Crippen LogP contribution in [0.25, 0.3) is 17.0 Å². The minimum atomic E-state index is -0.0273. The van der Waals surface area contributed by atoms with Crippen LogP contribution >= 0.6 is 24.0 Å². The topological polar surface area (TPSA) is 25.2 Å². The third-order valence-corrected chi connectivity index (χ3v) is 6.58. The molecule has 0 saturated carbocycles. The lowest BCUT2D eigenvalue weighted by Gasteiger charge is -2.14. The predicted octanol–water partition coefficient (Wildman–Crippen LogP) is 5.85. The first-order valence-corrected chi connectivity index (χ1v) is 10.7. The smallest absolute Gasteiger partial charge is 0.266 e. The minimum Gasteiger partial charge on any atom is -0.340 e. The fourth-order valence-electron chi connectivity index (χ4n) is 3.65. The first-order valence-electron chi connectivity index (χ1n) is 9.49. The normalized spacial score (nSPS) is 15.7. The zero-order valence-electron chi connectivity index (χ0n) is 16.5. The summed E-state index contributed by atoms with van der Waals surface area (Å²) in [6, 6.07) is 16.5. The molecule has 0 N–H and O–H groups in total. The summed E-state index contributed by atoms with van der Waals surface area (Å²) >= 11 is 6.90. The second kappa shape index (κ2) is 8.01. The van der Waals surface area contributed by atoms with Gasteiger partial charge in [0.2, 0.25) is 0 Å². The van der Waals surface area contributed by atoms with Crippen molar-refractivity contribution in [3.05, 3.63) is 88.5 Å². The van der Waals surface area contributed by atoms with Crippen LogP contribution in [0.1, 0.15) is 22.4 Å². The SMILES string of the molecule is C=CCn1c(C)c(/C=C2\SC(=S)N(Cc3ccc(C)cc3)C2=O)c2ccccc21. The molecule has 29 heavy (non-hydrogen) atoms. The average molecular weight is 419 g/mol. The number of carbonyl (C=O) groups is 1.